The SMILES string of the molecule is Cc1ccc(-c2ncc(Cl)cc2-c2ccc(C(C)(C)C)cc2)cn1. The minimum Gasteiger partial charge on any atom is -0.261 e. The van der Waals surface area contributed by atoms with E-state index in [-0.39, 0.29) is 5.41 Å². The van der Waals surface area contributed by atoms with Crippen LogP contribution in [-0.2, 0) is 5.41 Å². The molecule has 2 aromatic heterocycles. The third kappa shape index (κ3) is 3.49. The van der Waals surface area contributed by atoms with Gasteiger partial charge >= 0.3 is 0 Å². The quantitative estimate of drug-likeness (QED) is 0.567. The number of aromatic nitrogens is 2. The van der Waals surface area contributed by atoms with Gasteiger partial charge in [-0.3, -0.25) is 9.97 Å². The molecule has 3 heteroatoms. The third-order valence-electron chi connectivity index (χ3n) is 4.10. The van der Waals surface area contributed by atoms with Crippen molar-refractivity contribution in [3.63, 3.8) is 0 Å². The largest absolute Gasteiger partial charge is 0.261 e. The molecular formula is C21H21ClN2. The van der Waals surface area contributed by atoms with Crippen LogP contribution >= 0.6 is 11.6 Å². The Hall–Kier alpha value is -2.19. The maximum Gasteiger partial charge on any atom is 0.0796 e. The molecule has 0 unspecified atom stereocenters. The lowest BCUT2D eigenvalue weighted by molar-refractivity contribution is 0.590. The summed E-state index contributed by atoms with van der Waals surface area (Å²) in [5, 5.41) is 0.633. The van der Waals surface area contributed by atoms with Gasteiger partial charge in [0.15, 0.2) is 0 Å². The second-order valence-corrected chi connectivity index (χ2v) is 7.50. The summed E-state index contributed by atoms with van der Waals surface area (Å²) in [5.41, 5.74) is 6.45. The van der Waals surface area contributed by atoms with Gasteiger partial charge in [0, 0.05) is 29.2 Å². The molecule has 0 bridgehead atoms. The maximum atomic E-state index is 6.21. The lowest BCUT2D eigenvalue weighted by Gasteiger charge is -2.19. The predicted molar refractivity (Wildman–Crippen MR) is 101 cm³/mol. The van der Waals surface area contributed by atoms with Crippen molar-refractivity contribution in [3.05, 3.63) is 71.1 Å². The Labute approximate surface area is 148 Å². The molecule has 2 heterocycles. The molecule has 0 radical (unpaired) electrons. The zero-order valence-electron chi connectivity index (χ0n) is 14.5. The molecule has 0 N–H and O–H groups in total. The van der Waals surface area contributed by atoms with Crippen LogP contribution in [0.5, 0.6) is 0 Å². The molecule has 3 aromatic rings. The van der Waals surface area contributed by atoms with Crippen molar-refractivity contribution in [1.29, 1.82) is 0 Å². The van der Waals surface area contributed by atoms with E-state index in [0.29, 0.717) is 5.02 Å². The summed E-state index contributed by atoms with van der Waals surface area (Å²) in [6, 6.07) is 14.6. The zero-order valence-corrected chi connectivity index (χ0v) is 15.2. The van der Waals surface area contributed by atoms with Crippen LogP contribution in [0.2, 0.25) is 5.02 Å². The van der Waals surface area contributed by atoms with Crippen LogP contribution < -0.4 is 0 Å². The molecule has 0 fully saturated rings. The minimum absolute atomic E-state index is 0.134. The van der Waals surface area contributed by atoms with E-state index in [1.54, 1.807) is 6.20 Å². The van der Waals surface area contributed by atoms with Gasteiger partial charge in [-0.05, 0) is 41.7 Å². The van der Waals surface area contributed by atoms with Gasteiger partial charge in [0.2, 0.25) is 0 Å². The minimum atomic E-state index is 0.134. The normalized spacial score (nSPS) is 11.5. The molecule has 0 atom stereocenters. The van der Waals surface area contributed by atoms with Crippen LogP contribution in [0.3, 0.4) is 0 Å². The average Bonchev–Trinajstić information content (AvgIpc) is 2.55. The van der Waals surface area contributed by atoms with Crippen molar-refractivity contribution < 1.29 is 0 Å². The van der Waals surface area contributed by atoms with Gasteiger partial charge in [0.05, 0.1) is 10.7 Å². The molecular weight excluding hydrogens is 316 g/mol. The fraction of sp³-hybridized carbons (Fsp3) is 0.238. The van der Waals surface area contributed by atoms with Crippen LogP contribution in [0.1, 0.15) is 32.0 Å². The molecule has 0 saturated heterocycles. The van der Waals surface area contributed by atoms with E-state index < -0.39 is 0 Å². The van der Waals surface area contributed by atoms with E-state index in [9.17, 15) is 0 Å². The van der Waals surface area contributed by atoms with Crippen molar-refractivity contribution in [1.82, 2.24) is 9.97 Å². The Bertz CT molecular complexity index is 845. The third-order valence-corrected chi connectivity index (χ3v) is 4.31. The van der Waals surface area contributed by atoms with E-state index in [2.05, 4.69) is 55.0 Å². The highest BCUT2D eigenvalue weighted by molar-refractivity contribution is 6.30. The molecule has 0 spiro atoms. The molecule has 0 aliphatic heterocycles. The van der Waals surface area contributed by atoms with E-state index in [0.717, 1.165) is 28.1 Å². The Kier molecular flexibility index (Phi) is 4.42. The number of pyridine rings is 2. The molecule has 3 rings (SSSR count). The Balaban J connectivity index is 2.10. The topological polar surface area (TPSA) is 25.8 Å². The van der Waals surface area contributed by atoms with Crippen LogP contribution in [0.4, 0.5) is 0 Å². The lowest BCUT2D eigenvalue weighted by atomic mass is 9.86. The van der Waals surface area contributed by atoms with Crippen molar-refractivity contribution in [2.45, 2.75) is 33.1 Å². The first-order valence-corrected chi connectivity index (χ1v) is 8.42. The van der Waals surface area contributed by atoms with Crippen molar-refractivity contribution in [3.8, 4) is 22.4 Å². The molecule has 0 aliphatic rings. The van der Waals surface area contributed by atoms with Crippen molar-refractivity contribution in [2.24, 2.45) is 0 Å². The fourth-order valence-electron chi connectivity index (χ4n) is 2.65. The monoisotopic (exact) mass is 336 g/mol. The van der Waals surface area contributed by atoms with E-state index in [1.165, 1.54) is 5.56 Å². The molecule has 1 aromatic carbocycles. The van der Waals surface area contributed by atoms with Gasteiger partial charge in [0.1, 0.15) is 0 Å². The van der Waals surface area contributed by atoms with E-state index >= 15 is 0 Å². The van der Waals surface area contributed by atoms with E-state index in [1.807, 2.05) is 31.3 Å². The van der Waals surface area contributed by atoms with Gasteiger partial charge < -0.3 is 0 Å². The van der Waals surface area contributed by atoms with Crippen LogP contribution in [-0.4, -0.2) is 9.97 Å². The number of rotatable bonds is 2. The number of halogens is 1. The Morgan fingerprint density at radius 3 is 2.08 bits per heavy atom. The number of aryl methyl sites for hydroxylation is 1. The number of hydrogen-bond acceptors (Lipinski definition) is 2. The molecule has 0 saturated carbocycles. The summed E-state index contributed by atoms with van der Waals surface area (Å²) in [5.74, 6) is 0. The standard InChI is InChI=1S/C21H21ClN2/c1-14-5-6-16(12-23-14)20-19(11-18(22)13-24-20)15-7-9-17(10-8-15)21(2,3)4/h5-13H,1-4H3. The van der Waals surface area contributed by atoms with Gasteiger partial charge in [0.25, 0.3) is 0 Å². The Morgan fingerprint density at radius 2 is 1.50 bits per heavy atom. The van der Waals surface area contributed by atoms with Gasteiger partial charge in [-0.2, -0.15) is 0 Å². The molecule has 2 nitrogen and oxygen atoms in total. The van der Waals surface area contributed by atoms with Crippen LogP contribution in [0, 0.1) is 6.92 Å². The summed E-state index contributed by atoms with van der Waals surface area (Å²) in [4.78, 5) is 8.94. The van der Waals surface area contributed by atoms with Gasteiger partial charge in [-0.25, -0.2) is 0 Å². The summed E-state index contributed by atoms with van der Waals surface area (Å²) in [7, 11) is 0. The Morgan fingerprint density at radius 1 is 0.833 bits per heavy atom. The molecule has 122 valence electrons. The second-order valence-electron chi connectivity index (χ2n) is 7.07. The summed E-state index contributed by atoms with van der Waals surface area (Å²) in [6.45, 7) is 8.62. The second kappa shape index (κ2) is 6.37. The zero-order chi connectivity index (χ0) is 17.3. The first-order chi connectivity index (χ1) is 11.3. The maximum absolute atomic E-state index is 6.21. The molecule has 0 amide bonds. The first-order valence-electron chi connectivity index (χ1n) is 8.04. The van der Waals surface area contributed by atoms with Crippen molar-refractivity contribution in [2.75, 3.05) is 0 Å². The summed E-state index contributed by atoms with van der Waals surface area (Å²) >= 11 is 6.21. The highest BCUT2D eigenvalue weighted by atomic mass is 35.5. The van der Waals surface area contributed by atoms with E-state index in [4.69, 9.17) is 11.6 Å². The van der Waals surface area contributed by atoms with Crippen LogP contribution in [0.15, 0.2) is 54.9 Å². The van der Waals surface area contributed by atoms with Gasteiger partial charge in [-0.15, -0.1) is 0 Å². The smallest absolute Gasteiger partial charge is 0.0796 e. The lowest BCUT2D eigenvalue weighted by Crippen LogP contribution is -2.10. The van der Waals surface area contributed by atoms with Crippen molar-refractivity contribution >= 4 is 11.6 Å². The number of nitrogens with zero attached hydrogens (tertiary/aromatic N) is 2. The number of hydrogen-bond donors (Lipinski definition) is 0. The van der Waals surface area contributed by atoms with Gasteiger partial charge in [-0.1, -0.05) is 56.6 Å². The molecule has 24 heavy (non-hydrogen) atoms. The number of benzene rings is 1. The molecule has 0 aliphatic carbocycles. The highest BCUT2D eigenvalue weighted by Crippen LogP contribution is 2.33. The fourth-order valence-corrected chi connectivity index (χ4v) is 2.80. The van der Waals surface area contributed by atoms with Crippen LogP contribution in [0.25, 0.3) is 22.4 Å². The first kappa shape index (κ1) is 16.7. The highest BCUT2D eigenvalue weighted by Gasteiger charge is 2.15. The summed E-state index contributed by atoms with van der Waals surface area (Å²) < 4.78 is 0. The average molecular weight is 337 g/mol. The summed E-state index contributed by atoms with van der Waals surface area (Å²) in [6.07, 6.45) is 3.54. The predicted octanol–water partition coefficient (Wildman–Crippen LogP) is 6.07.